The van der Waals surface area contributed by atoms with Gasteiger partial charge in [0.05, 0.1) is 34.3 Å². The van der Waals surface area contributed by atoms with E-state index in [9.17, 15) is 24.1 Å². The summed E-state index contributed by atoms with van der Waals surface area (Å²) in [6, 6.07) is 1.34. The first kappa shape index (κ1) is 14.9. The molecule has 0 fully saturated rings. The number of carbonyl (C=O) groups is 2. The van der Waals surface area contributed by atoms with Crippen molar-refractivity contribution < 1.29 is 28.7 Å². The normalized spacial score (nSPS) is 10.0. The molecule has 1 aromatic carbocycles. The van der Waals surface area contributed by atoms with E-state index in [0.717, 1.165) is 13.2 Å². The summed E-state index contributed by atoms with van der Waals surface area (Å²) in [7, 11) is 1.14. The second-order valence-corrected chi connectivity index (χ2v) is 4.24. The molecule has 19 heavy (non-hydrogen) atoms. The number of nitrogens with zero attached hydrogens (tertiary/aromatic N) is 1. The second-order valence-electron chi connectivity index (χ2n) is 3.23. The Morgan fingerprint density at radius 1 is 1.53 bits per heavy atom. The zero-order chi connectivity index (χ0) is 14.6. The maximum atomic E-state index is 13.3. The number of hydrogen-bond acceptors (Lipinski definition) is 6. The maximum absolute atomic E-state index is 13.3. The van der Waals surface area contributed by atoms with Crippen LogP contribution in [0.1, 0.15) is 10.4 Å². The van der Waals surface area contributed by atoms with Crippen molar-refractivity contribution in [2.45, 2.75) is 4.90 Å². The van der Waals surface area contributed by atoms with Gasteiger partial charge in [-0.1, -0.05) is 0 Å². The highest BCUT2D eigenvalue weighted by atomic mass is 32.2. The van der Waals surface area contributed by atoms with Crippen molar-refractivity contribution in [1.29, 1.82) is 0 Å². The molecule has 0 aliphatic carbocycles. The number of ether oxygens (including phenoxy) is 1. The highest BCUT2D eigenvalue weighted by Crippen LogP contribution is 2.31. The number of nitro benzene ring substituents is 1. The standard InChI is InChI=1S/C10H8FNO6S/c1-18-9(13)4-19-8-2-5(10(14)15)6(11)3-7(8)12(16)17/h2-3H,4H2,1H3,(H,14,15). The van der Waals surface area contributed by atoms with Gasteiger partial charge in [0.1, 0.15) is 5.82 Å². The van der Waals surface area contributed by atoms with Crippen LogP contribution in [0, 0.1) is 15.9 Å². The summed E-state index contributed by atoms with van der Waals surface area (Å²) in [6.45, 7) is 0. The van der Waals surface area contributed by atoms with E-state index < -0.39 is 33.9 Å². The Morgan fingerprint density at radius 3 is 2.63 bits per heavy atom. The van der Waals surface area contributed by atoms with E-state index >= 15 is 0 Å². The highest BCUT2D eigenvalue weighted by molar-refractivity contribution is 8.00. The van der Waals surface area contributed by atoms with Crippen molar-refractivity contribution in [2.24, 2.45) is 0 Å². The third kappa shape index (κ3) is 3.65. The number of nitro groups is 1. The predicted molar refractivity (Wildman–Crippen MR) is 62.8 cm³/mol. The number of carbonyl (C=O) groups excluding carboxylic acids is 1. The van der Waals surface area contributed by atoms with Crippen LogP contribution in [0.4, 0.5) is 10.1 Å². The molecule has 0 aliphatic heterocycles. The highest BCUT2D eigenvalue weighted by Gasteiger charge is 2.22. The van der Waals surface area contributed by atoms with Gasteiger partial charge in [-0.3, -0.25) is 14.9 Å². The Labute approximate surface area is 110 Å². The first-order valence-corrected chi connectivity index (χ1v) is 5.76. The van der Waals surface area contributed by atoms with Crippen molar-refractivity contribution in [1.82, 2.24) is 0 Å². The van der Waals surface area contributed by atoms with Crippen molar-refractivity contribution in [3.8, 4) is 0 Å². The number of benzene rings is 1. The molecule has 0 saturated carbocycles. The number of halogens is 1. The summed E-state index contributed by atoms with van der Waals surface area (Å²) in [4.78, 5) is 31.4. The monoisotopic (exact) mass is 289 g/mol. The van der Waals surface area contributed by atoms with Gasteiger partial charge in [-0.25, -0.2) is 9.18 Å². The average Bonchev–Trinajstić information content (AvgIpc) is 2.35. The number of hydrogen-bond donors (Lipinski definition) is 1. The lowest BCUT2D eigenvalue weighted by Crippen LogP contribution is -2.06. The van der Waals surface area contributed by atoms with Gasteiger partial charge in [-0.05, 0) is 6.07 Å². The molecule has 0 aromatic heterocycles. The van der Waals surface area contributed by atoms with Crippen molar-refractivity contribution in [3.05, 3.63) is 33.6 Å². The molecule has 0 saturated heterocycles. The van der Waals surface area contributed by atoms with Crippen molar-refractivity contribution >= 4 is 29.4 Å². The van der Waals surface area contributed by atoms with Crippen LogP contribution in [0.2, 0.25) is 0 Å². The zero-order valence-electron chi connectivity index (χ0n) is 9.58. The van der Waals surface area contributed by atoms with Crippen LogP contribution in [-0.2, 0) is 9.53 Å². The number of aromatic carboxylic acids is 1. The summed E-state index contributed by atoms with van der Waals surface area (Å²) in [5.74, 6) is -3.64. The van der Waals surface area contributed by atoms with Gasteiger partial charge in [0.2, 0.25) is 0 Å². The minimum absolute atomic E-state index is 0.116. The predicted octanol–water partition coefficient (Wildman–Crippen LogP) is 1.70. The van der Waals surface area contributed by atoms with Crippen LogP contribution in [0.25, 0.3) is 0 Å². The van der Waals surface area contributed by atoms with E-state index in [4.69, 9.17) is 5.11 Å². The van der Waals surface area contributed by atoms with Gasteiger partial charge in [0.25, 0.3) is 5.69 Å². The van der Waals surface area contributed by atoms with E-state index in [1.54, 1.807) is 0 Å². The molecular formula is C10H8FNO6S. The first-order chi connectivity index (χ1) is 8.86. The number of carboxylic acids is 1. The smallest absolute Gasteiger partial charge is 0.338 e. The van der Waals surface area contributed by atoms with Gasteiger partial charge in [-0.15, -0.1) is 11.8 Å². The van der Waals surface area contributed by atoms with E-state index in [2.05, 4.69) is 4.74 Å². The van der Waals surface area contributed by atoms with Crippen LogP contribution in [0.3, 0.4) is 0 Å². The fourth-order valence-corrected chi connectivity index (χ4v) is 2.03. The van der Waals surface area contributed by atoms with Gasteiger partial charge in [0, 0.05) is 0 Å². The summed E-state index contributed by atoms with van der Waals surface area (Å²) >= 11 is 0.702. The number of methoxy groups -OCH3 is 1. The third-order valence-electron chi connectivity index (χ3n) is 2.05. The quantitative estimate of drug-likeness (QED) is 0.380. The average molecular weight is 289 g/mol. The van der Waals surface area contributed by atoms with Crippen LogP contribution < -0.4 is 0 Å². The molecule has 1 N–H and O–H groups in total. The van der Waals surface area contributed by atoms with Gasteiger partial charge in [0.15, 0.2) is 0 Å². The molecule has 0 aliphatic rings. The summed E-state index contributed by atoms with van der Waals surface area (Å²) in [5, 5.41) is 19.5. The molecule has 9 heteroatoms. The van der Waals surface area contributed by atoms with Gasteiger partial charge in [-0.2, -0.15) is 0 Å². The fourth-order valence-electron chi connectivity index (χ4n) is 1.16. The van der Waals surface area contributed by atoms with E-state index in [1.807, 2.05) is 0 Å². The van der Waals surface area contributed by atoms with Crippen molar-refractivity contribution in [2.75, 3.05) is 12.9 Å². The molecule has 0 atom stereocenters. The summed E-state index contributed by atoms with van der Waals surface area (Å²) in [6.07, 6.45) is 0. The zero-order valence-corrected chi connectivity index (χ0v) is 10.4. The van der Waals surface area contributed by atoms with Crippen LogP contribution in [0.15, 0.2) is 17.0 Å². The maximum Gasteiger partial charge on any atom is 0.338 e. The minimum Gasteiger partial charge on any atom is -0.478 e. The topological polar surface area (TPSA) is 107 Å². The minimum atomic E-state index is -1.55. The third-order valence-corrected chi connectivity index (χ3v) is 3.07. The van der Waals surface area contributed by atoms with Gasteiger partial charge < -0.3 is 9.84 Å². The molecule has 1 aromatic rings. The lowest BCUT2D eigenvalue weighted by Gasteiger charge is -2.04. The number of rotatable bonds is 5. The molecule has 102 valence electrons. The Balaban J connectivity index is 3.18. The van der Waals surface area contributed by atoms with Crippen molar-refractivity contribution in [3.63, 3.8) is 0 Å². The van der Waals surface area contributed by atoms with Crippen LogP contribution in [0.5, 0.6) is 0 Å². The lowest BCUT2D eigenvalue weighted by atomic mass is 10.2. The molecule has 0 unspecified atom stereocenters. The Bertz CT molecular complexity index is 547. The van der Waals surface area contributed by atoms with E-state index in [-0.39, 0.29) is 10.6 Å². The second kappa shape index (κ2) is 6.14. The Kier molecular flexibility index (Phi) is 4.81. The molecule has 1 rings (SSSR count). The molecule has 0 bridgehead atoms. The lowest BCUT2D eigenvalue weighted by molar-refractivity contribution is -0.387. The molecule has 0 heterocycles. The largest absolute Gasteiger partial charge is 0.478 e. The number of thioether (sulfide) groups is 1. The SMILES string of the molecule is COC(=O)CSc1cc(C(=O)O)c(F)cc1[N+](=O)[O-]. The first-order valence-electron chi connectivity index (χ1n) is 4.77. The Morgan fingerprint density at radius 2 is 2.16 bits per heavy atom. The summed E-state index contributed by atoms with van der Waals surface area (Å²) in [5.41, 5.74) is -1.30. The van der Waals surface area contributed by atoms with Gasteiger partial charge >= 0.3 is 11.9 Å². The molecule has 0 amide bonds. The van der Waals surface area contributed by atoms with E-state index in [0.29, 0.717) is 17.8 Å². The fraction of sp³-hybridized carbons (Fsp3) is 0.200. The number of carboxylic acid groups (broad SMARTS) is 1. The molecule has 0 spiro atoms. The molecular weight excluding hydrogens is 281 g/mol. The van der Waals surface area contributed by atoms with E-state index in [1.165, 1.54) is 0 Å². The Hall–Kier alpha value is -2.16. The number of esters is 1. The van der Waals surface area contributed by atoms with Crippen LogP contribution >= 0.6 is 11.8 Å². The molecule has 0 radical (unpaired) electrons. The summed E-state index contributed by atoms with van der Waals surface area (Å²) < 4.78 is 17.7. The van der Waals surface area contributed by atoms with Crippen LogP contribution in [-0.4, -0.2) is 34.8 Å². The molecule has 7 nitrogen and oxygen atoms in total.